The van der Waals surface area contributed by atoms with Crippen molar-refractivity contribution in [3.05, 3.63) is 66.0 Å². The van der Waals surface area contributed by atoms with Crippen LogP contribution in [0.1, 0.15) is 30.1 Å². The Morgan fingerprint density at radius 2 is 1.93 bits per heavy atom. The molecule has 148 valence electrons. The Morgan fingerprint density at radius 3 is 2.62 bits per heavy atom. The molecule has 4 rings (SSSR count). The third kappa shape index (κ3) is 5.17. The van der Waals surface area contributed by atoms with Gasteiger partial charge in [0.2, 0.25) is 5.16 Å². The number of ether oxygens (including phenoxy) is 1. The molecule has 1 N–H and O–H groups in total. The van der Waals surface area contributed by atoms with Crippen LogP contribution in [0.4, 0.5) is 0 Å². The molecule has 1 atom stereocenters. The summed E-state index contributed by atoms with van der Waals surface area (Å²) in [6, 6.07) is 19.5. The molecule has 1 saturated carbocycles. The van der Waals surface area contributed by atoms with E-state index in [-0.39, 0.29) is 6.61 Å². The number of hydrogen-bond donors (Lipinski definition) is 1. The van der Waals surface area contributed by atoms with Crippen molar-refractivity contribution in [3.8, 4) is 17.5 Å². The number of rotatable bonds is 9. The Hall–Kier alpha value is -2.82. The smallest absolute Gasteiger partial charge is 0.209 e. The zero-order valence-corrected chi connectivity index (χ0v) is 16.8. The van der Waals surface area contributed by atoms with Crippen molar-refractivity contribution in [1.29, 1.82) is 5.26 Å². The molecule has 29 heavy (non-hydrogen) atoms. The third-order valence-corrected chi connectivity index (χ3v) is 5.59. The monoisotopic (exact) mass is 406 g/mol. The zero-order valence-electron chi connectivity index (χ0n) is 15.9. The number of para-hydroxylation sites is 1. The molecule has 1 heterocycles. The molecule has 0 radical (unpaired) electrons. The molecule has 3 aromatic rings. The highest BCUT2D eigenvalue weighted by atomic mass is 32.2. The summed E-state index contributed by atoms with van der Waals surface area (Å²) in [6.07, 6.45) is 2.05. The van der Waals surface area contributed by atoms with Crippen molar-refractivity contribution in [2.75, 3.05) is 12.4 Å². The van der Waals surface area contributed by atoms with Gasteiger partial charge < -0.3 is 9.84 Å². The van der Waals surface area contributed by atoms with E-state index in [9.17, 15) is 5.11 Å². The molecule has 1 aromatic heterocycles. The molecule has 7 heteroatoms. The Kier molecular flexibility index (Phi) is 6.13. The van der Waals surface area contributed by atoms with E-state index in [1.165, 1.54) is 11.8 Å². The van der Waals surface area contributed by atoms with Crippen molar-refractivity contribution in [1.82, 2.24) is 14.8 Å². The predicted octanol–water partition coefficient (Wildman–Crippen LogP) is 3.74. The first-order valence-electron chi connectivity index (χ1n) is 9.65. The van der Waals surface area contributed by atoms with E-state index in [1.807, 2.05) is 59.3 Å². The maximum absolute atomic E-state index is 10.3. The highest BCUT2D eigenvalue weighted by molar-refractivity contribution is 7.99. The van der Waals surface area contributed by atoms with Gasteiger partial charge in [-0.05, 0) is 42.7 Å². The second-order valence-corrected chi connectivity index (χ2v) is 8.02. The summed E-state index contributed by atoms with van der Waals surface area (Å²) in [4.78, 5) is 4.70. The zero-order chi connectivity index (χ0) is 20.1. The van der Waals surface area contributed by atoms with E-state index in [0.717, 1.165) is 29.9 Å². The number of aliphatic hydroxyl groups is 1. The Morgan fingerprint density at radius 1 is 1.17 bits per heavy atom. The quantitative estimate of drug-likeness (QED) is 0.545. The van der Waals surface area contributed by atoms with Gasteiger partial charge in [0.1, 0.15) is 18.2 Å². The fraction of sp³-hybridized carbons (Fsp3) is 0.318. The van der Waals surface area contributed by atoms with Gasteiger partial charge in [0, 0.05) is 11.7 Å². The van der Waals surface area contributed by atoms with Crippen LogP contribution in [0.25, 0.3) is 5.69 Å². The first kappa shape index (κ1) is 19.5. The summed E-state index contributed by atoms with van der Waals surface area (Å²) < 4.78 is 7.57. The van der Waals surface area contributed by atoms with Crippen molar-refractivity contribution < 1.29 is 9.84 Å². The van der Waals surface area contributed by atoms with E-state index in [0.29, 0.717) is 29.0 Å². The minimum Gasteiger partial charge on any atom is -0.491 e. The lowest BCUT2D eigenvalue weighted by Gasteiger charge is -2.11. The fourth-order valence-corrected chi connectivity index (χ4v) is 3.67. The van der Waals surface area contributed by atoms with E-state index >= 15 is 0 Å². The van der Waals surface area contributed by atoms with Crippen LogP contribution in [-0.2, 0) is 6.42 Å². The summed E-state index contributed by atoms with van der Waals surface area (Å²) in [5, 5.41) is 24.3. The summed E-state index contributed by atoms with van der Waals surface area (Å²) in [5.74, 6) is 2.62. The highest BCUT2D eigenvalue weighted by Crippen LogP contribution is 2.40. The summed E-state index contributed by atoms with van der Waals surface area (Å²) >= 11 is 1.44. The predicted molar refractivity (Wildman–Crippen MR) is 111 cm³/mol. The number of thioether (sulfide) groups is 1. The molecule has 1 aliphatic carbocycles. The Labute approximate surface area is 174 Å². The largest absolute Gasteiger partial charge is 0.491 e. The lowest BCUT2D eigenvalue weighted by molar-refractivity contribution is 0.126. The second kappa shape index (κ2) is 9.12. The van der Waals surface area contributed by atoms with Crippen LogP contribution in [0.5, 0.6) is 5.75 Å². The van der Waals surface area contributed by atoms with Gasteiger partial charge in [0.15, 0.2) is 0 Å². The van der Waals surface area contributed by atoms with Gasteiger partial charge >= 0.3 is 0 Å². The first-order chi connectivity index (χ1) is 14.2. The van der Waals surface area contributed by atoms with Gasteiger partial charge in [-0.15, -0.1) is 5.10 Å². The molecule has 1 fully saturated rings. The molecule has 0 spiro atoms. The SMILES string of the molecule is N#CCc1ccc(OC[C@@H](O)CSc2nc(C3CC3)n(-c3ccccc3)n2)cc1. The van der Waals surface area contributed by atoms with Gasteiger partial charge in [-0.1, -0.05) is 42.1 Å². The van der Waals surface area contributed by atoms with Crippen LogP contribution in [-0.4, -0.2) is 38.3 Å². The van der Waals surface area contributed by atoms with Crippen LogP contribution in [0.2, 0.25) is 0 Å². The number of benzene rings is 2. The number of nitrogens with zero attached hydrogens (tertiary/aromatic N) is 4. The summed E-state index contributed by atoms with van der Waals surface area (Å²) in [6.45, 7) is 0.194. The van der Waals surface area contributed by atoms with Crippen LogP contribution in [0.15, 0.2) is 59.8 Å². The van der Waals surface area contributed by atoms with Crippen LogP contribution < -0.4 is 4.74 Å². The number of aromatic nitrogens is 3. The van der Waals surface area contributed by atoms with Crippen molar-refractivity contribution in [3.63, 3.8) is 0 Å². The van der Waals surface area contributed by atoms with Crippen molar-refractivity contribution in [2.45, 2.75) is 36.4 Å². The molecular formula is C22H22N4O2S. The minimum atomic E-state index is -0.633. The van der Waals surface area contributed by atoms with E-state index in [2.05, 4.69) is 11.2 Å². The standard InChI is InChI=1S/C22H22N4O2S/c23-13-12-16-6-10-20(11-7-16)28-14-19(27)15-29-22-24-21(17-8-9-17)26(25-22)18-4-2-1-3-5-18/h1-7,10-11,17,19,27H,8-9,12,14-15H2/t19-/m1/s1. The lowest BCUT2D eigenvalue weighted by atomic mass is 10.2. The molecule has 6 nitrogen and oxygen atoms in total. The molecule has 0 aliphatic heterocycles. The maximum atomic E-state index is 10.3. The van der Waals surface area contributed by atoms with E-state index in [1.54, 1.807) is 0 Å². The molecular weight excluding hydrogens is 384 g/mol. The van der Waals surface area contributed by atoms with Crippen LogP contribution in [0.3, 0.4) is 0 Å². The van der Waals surface area contributed by atoms with Gasteiger partial charge in [-0.3, -0.25) is 0 Å². The summed E-state index contributed by atoms with van der Waals surface area (Å²) in [5.41, 5.74) is 1.96. The average Bonchev–Trinajstić information content (AvgIpc) is 3.52. The molecule has 0 unspecified atom stereocenters. The number of aliphatic hydroxyl groups excluding tert-OH is 1. The van der Waals surface area contributed by atoms with Crippen molar-refractivity contribution >= 4 is 11.8 Å². The number of nitriles is 1. The minimum absolute atomic E-state index is 0.194. The molecule has 0 saturated heterocycles. The van der Waals surface area contributed by atoms with Crippen LogP contribution in [0, 0.1) is 11.3 Å². The third-order valence-electron chi connectivity index (χ3n) is 4.61. The normalized spacial score (nSPS) is 14.3. The van der Waals surface area contributed by atoms with Gasteiger partial charge in [-0.2, -0.15) is 5.26 Å². The Balaban J connectivity index is 1.32. The lowest BCUT2D eigenvalue weighted by Crippen LogP contribution is -2.20. The average molecular weight is 407 g/mol. The molecule has 1 aliphatic rings. The van der Waals surface area contributed by atoms with Gasteiger partial charge in [-0.25, -0.2) is 9.67 Å². The Bertz CT molecular complexity index is 978. The van der Waals surface area contributed by atoms with Crippen molar-refractivity contribution in [2.24, 2.45) is 0 Å². The number of hydrogen-bond acceptors (Lipinski definition) is 6. The second-order valence-electron chi connectivity index (χ2n) is 7.03. The summed E-state index contributed by atoms with van der Waals surface area (Å²) in [7, 11) is 0. The first-order valence-corrected chi connectivity index (χ1v) is 10.6. The van der Waals surface area contributed by atoms with E-state index in [4.69, 9.17) is 15.0 Å². The van der Waals surface area contributed by atoms with Crippen LogP contribution >= 0.6 is 11.8 Å². The van der Waals surface area contributed by atoms with Gasteiger partial charge in [0.25, 0.3) is 0 Å². The van der Waals surface area contributed by atoms with Gasteiger partial charge in [0.05, 0.1) is 24.3 Å². The molecule has 0 bridgehead atoms. The molecule has 2 aromatic carbocycles. The molecule has 0 amide bonds. The fourth-order valence-electron chi connectivity index (χ4n) is 2.94. The highest BCUT2D eigenvalue weighted by Gasteiger charge is 2.30. The van der Waals surface area contributed by atoms with E-state index < -0.39 is 6.10 Å². The maximum Gasteiger partial charge on any atom is 0.209 e. The topological polar surface area (TPSA) is 84.0 Å².